The van der Waals surface area contributed by atoms with Crippen LogP contribution in [-0.2, 0) is 16.0 Å². The van der Waals surface area contributed by atoms with Crippen LogP contribution < -0.4 is 10.1 Å². The summed E-state index contributed by atoms with van der Waals surface area (Å²) < 4.78 is 7.18. The van der Waals surface area contributed by atoms with Crippen LogP contribution in [0.25, 0.3) is 5.69 Å². The van der Waals surface area contributed by atoms with E-state index < -0.39 is 0 Å². The quantitative estimate of drug-likeness (QED) is 0.847. The lowest BCUT2D eigenvalue weighted by Crippen LogP contribution is -2.36. The summed E-state index contributed by atoms with van der Waals surface area (Å²) in [6.45, 7) is 5.92. The molecule has 0 radical (unpaired) electrons. The third kappa shape index (κ3) is 4.38. The predicted octanol–water partition coefficient (Wildman–Crippen LogP) is 3.38. The largest absolute Gasteiger partial charge is 0.497 e. The third-order valence-corrected chi connectivity index (χ3v) is 5.04. The number of nitrogens with one attached hydrogen (secondary N) is 1. The molecule has 0 fully saturated rings. The molecular formula is C21H27N3O3. The highest BCUT2D eigenvalue weighted by atomic mass is 16.5. The van der Waals surface area contributed by atoms with Gasteiger partial charge in [-0.05, 0) is 49.4 Å². The molecule has 0 spiro atoms. The van der Waals surface area contributed by atoms with Gasteiger partial charge in [0.05, 0.1) is 30.7 Å². The van der Waals surface area contributed by atoms with Gasteiger partial charge in [0.2, 0.25) is 5.91 Å². The van der Waals surface area contributed by atoms with Crippen molar-refractivity contribution in [2.45, 2.75) is 52.5 Å². The van der Waals surface area contributed by atoms with Gasteiger partial charge in [0, 0.05) is 18.4 Å². The summed E-state index contributed by atoms with van der Waals surface area (Å²) in [4.78, 5) is 23.4. The molecule has 3 rings (SSSR count). The maximum absolute atomic E-state index is 12.3. The number of ether oxygens (including phenoxy) is 1. The third-order valence-electron chi connectivity index (χ3n) is 5.04. The number of methoxy groups -OCH3 is 1. The fourth-order valence-electron chi connectivity index (χ4n) is 3.67. The number of aromatic nitrogens is 2. The van der Waals surface area contributed by atoms with Crippen molar-refractivity contribution in [3.8, 4) is 11.4 Å². The van der Waals surface area contributed by atoms with Crippen molar-refractivity contribution in [2.75, 3.05) is 7.11 Å². The first-order valence-electron chi connectivity index (χ1n) is 9.29. The Balaban J connectivity index is 1.87. The molecule has 144 valence electrons. The van der Waals surface area contributed by atoms with Gasteiger partial charge in [-0.25, -0.2) is 4.68 Å². The van der Waals surface area contributed by atoms with Crippen molar-refractivity contribution in [3.63, 3.8) is 0 Å². The monoisotopic (exact) mass is 369 g/mol. The molecule has 1 amide bonds. The number of nitrogens with zero attached hydrogens (tertiary/aromatic N) is 2. The minimum absolute atomic E-state index is 0.0298. The van der Waals surface area contributed by atoms with E-state index in [1.807, 2.05) is 35.1 Å². The molecule has 1 heterocycles. The van der Waals surface area contributed by atoms with Gasteiger partial charge in [0.1, 0.15) is 11.5 Å². The zero-order valence-electron chi connectivity index (χ0n) is 16.4. The summed E-state index contributed by atoms with van der Waals surface area (Å²) in [5, 5.41) is 7.70. The number of carbonyl (C=O) groups excluding carboxylic acids is 2. The molecule has 6 nitrogen and oxygen atoms in total. The van der Waals surface area contributed by atoms with Crippen LogP contribution in [0.3, 0.4) is 0 Å². The highest BCUT2D eigenvalue weighted by molar-refractivity contribution is 5.83. The van der Waals surface area contributed by atoms with Crippen LogP contribution >= 0.6 is 0 Å². The van der Waals surface area contributed by atoms with Gasteiger partial charge >= 0.3 is 0 Å². The smallest absolute Gasteiger partial charge is 0.220 e. The Labute approximate surface area is 159 Å². The molecule has 0 bridgehead atoms. The minimum atomic E-state index is -0.0878. The molecule has 0 saturated carbocycles. The van der Waals surface area contributed by atoms with Crippen LogP contribution in [0, 0.1) is 5.41 Å². The van der Waals surface area contributed by atoms with Crippen LogP contribution in [0.5, 0.6) is 5.75 Å². The summed E-state index contributed by atoms with van der Waals surface area (Å²) in [7, 11) is 1.65. The molecule has 1 atom stereocenters. The van der Waals surface area contributed by atoms with E-state index in [4.69, 9.17) is 4.74 Å². The van der Waals surface area contributed by atoms with E-state index in [9.17, 15) is 9.59 Å². The van der Waals surface area contributed by atoms with Gasteiger partial charge in [0.15, 0.2) is 0 Å². The molecule has 1 unspecified atom stereocenters. The fourth-order valence-corrected chi connectivity index (χ4v) is 3.67. The topological polar surface area (TPSA) is 73.2 Å². The number of hydrogen-bond donors (Lipinski definition) is 1. The molecular weight excluding hydrogens is 342 g/mol. The zero-order chi connectivity index (χ0) is 19.6. The number of rotatable bonds is 6. The highest BCUT2D eigenvalue weighted by Gasteiger charge is 2.35. The van der Waals surface area contributed by atoms with E-state index in [-0.39, 0.29) is 36.0 Å². The van der Waals surface area contributed by atoms with Crippen LogP contribution in [-0.4, -0.2) is 28.6 Å². The SMILES string of the molecule is COc1ccc(-n2ncc3c2CC(C)(C)CC3NC(=O)CCC(C)=O)cc1. The molecule has 1 aliphatic carbocycles. The van der Waals surface area contributed by atoms with E-state index in [1.54, 1.807) is 7.11 Å². The second-order valence-corrected chi connectivity index (χ2v) is 8.02. The Morgan fingerprint density at radius 3 is 2.59 bits per heavy atom. The zero-order valence-corrected chi connectivity index (χ0v) is 16.4. The number of fused-ring (bicyclic) bond motifs is 1. The normalized spacial score (nSPS) is 17.9. The summed E-state index contributed by atoms with van der Waals surface area (Å²) in [5.41, 5.74) is 3.18. The van der Waals surface area contributed by atoms with Crippen LogP contribution in [0.1, 0.15) is 57.3 Å². The van der Waals surface area contributed by atoms with E-state index in [0.717, 1.165) is 35.5 Å². The van der Waals surface area contributed by atoms with Crippen molar-refractivity contribution >= 4 is 11.7 Å². The van der Waals surface area contributed by atoms with Crippen LogP contribution in [0.4, 0.5) is 0 Å². The fraction of sp³-hybridized carbons (Fsp3) is 0.476. The summed E-state index contributed by atoms with van der Waals surface area (Å²) in [5.74, 6) is 0.744. The Morgan fingerprint density at radius 1 is 1.26 bits per heavy atom. The van der Waals surface area contributed by atoms with Gasteiger partial charge in [-0.1, -0.05) is 13.8 Å². The Bertz CT molecular complexity index is 837. The lowest BCUT2D eigenvalue weighted by atomic mass is 9.74. The van der Waals surface area contributed by atoms with Crippen molar-refractivity contribution in [3.05, 3.63) is 41.7 Å². The number of amides is 1. The number of benzene rings is 1. The van der Waals surface area contributed by atoms with Gasteiger partial charge in [-0.3, -0.25) is 4.79 Å². The molecule has 2 aromatic rings. The number of ketones is 1. The summed E-state index contributed by atoms with van der Waals surface area (Å²) in [6, 6.07) is 7.70. The van der Waals surface area contributed by atoms with Crippen LogP contribution in [0.2, 0.25) is 0 Å². The predicted molar refractivity (Wildman–Crippen MR) is 103 cm³/mol. The van der Waals surface area contributed by atoms with E-state index in [0.29, 0.717) is 0 Å². The van der Waals surface area contributed by atoms with Crippen molar-refractivity contribution in [1.29, 1.82) is 0 Å². The molecule has 27 heavy (non-hydrogen) atoms. The minimum Gasteiger partial charge on any atom is -0.497 e. The lowest BCUT2D eigenvalue weighted by Gasteiger charge is -2.36. The number of hydrogen-bond acceptors (Lipinski definition) is 4. The molecule has 1 N–H and O–H groups in total. The lowest BCUT2D eigenvalue weighted by molar-refractivity contribution is -0.125. The van der Waals surface area contributed by atoms with Gasteiger partial charge < -0.3 is 14.8 Å². The maximum Gasteiger partial charge on any atom is 0.220 e. The first kappa shape index (κ1) is 19.1. The molecule has 1 aromatic carbocycles. The first-order valence-corrected chi connectivity index (χ1v) is 9.29. The van der Waals surface area contributed by atoms with Crippen molar-refractivity contribution in [2.24, 2.45) is 5.41 Å². The van der Waals surface area contributed by atoms with E-state index in [1.165, 1.54) is 6.92 Å². The van der Waals surface area contributed by atoms with E-state index in [2.05, 4.69) is 24.3 Å². The average Bonchev–Trinajstić information content (AvgIpc) is 3.02. The Kier molecular flexibility index (Phi) is 5.35. The van der Waals surface area contributed by atoms with Crippen LogP contribution in [0.15, 0.2) is 30.5 Å². The Hall–Kier alpha value is -2.63. The first-order chi connectivity index (χ1) is 12.8. The van der Waals surface area contributed by atoms with Gasteiger partial charge in [0.25, 0.3) is 0 Å². The summed E-state index contributed by atoms with van der Waals surface area (Å²) >= 11 is 0. The maximum atomic E-state index is 12.3. The molecule has 0 aliphatic heterocycles. The number of carbonyl (C=O) groups is 2. The highest BCUT2D eigenvalue weighted by Crippen LogP contribution is 2.41. The second-order valence-electron chi connectivity index (χ2n) is 8.02. The average molecular weight is 369 g/mol. The summed E-state index contributed by atoms with van der Waals surface area (Å²) in [6.07, 6.45) is 4.09. The molecule has 1 aliphatic rings. The molecule has 6 heteroatoms. The van der Waals surface area contributed by atoms with Gasteiger partial charge in [-0.15, -0.1) is 0 Å². The standard InChI is InChI=1S/C21H27N3O3/c1-14(25)5-10-20(26)23-18-11-21(2,3)12-19-17(18)13-22-24(19)15-6-8-16(27-4)9-7-15/h6-9,13,18H,5,10-12H2,1-4H3,(H,23,26). The van der Waals surface area contributed by atoms with Crippen molar-refractivity contribution in [1.82, 2.24) is 15.1 Å². The Morgan fingerprint density at radius 2 is 1.96 bits per heavy atom. The molecule has 1 aromatic heterocycles. The van der Waals surface area contributed by atoms with E-state index >= 15 is 0 Å². The molecule has 0 saturated heterocycles. The van der Waals surface area contributed by atoms with Gasteiger partial charge in [-0.2, -0.15) is 5.10 Å². The second kappa shape index (κ2) is 7.55. The van der Waals surface area contributed by atoms with Crippen molar-refractivity contribution < 1.29 is 14.3 Å². The number of Topliss-reactive ketones (excluding diaryl/α,β-unsaturated/α-hetero) is 1.